The quantitative estimate of drug-likeness (QED) is 0.823. The fourth-order valence-corrected chi connectivity index (χ4v) is 2.40. The fourth-order valence-electron chi connectivity index (χ4n) is 2.40. The molecule has 0 radical (unpaired) electrons. The molecule has 1 N–H and O–H groups in total. The summed E-state index contributed by atoms with van der Waals surface area (Å²) >= 11 is 0. The number of aryl methyl sites for hydroxylation is 1. The van der Waals surface area contributed by atoms with Crippen LogP contribution >= 0.6 is 0 Å². The number of ether oxygens (including phenoxy) is 2. The summed E-state index contributed by atoms with van der Waals surface area (Å²) in [7, 11) is 1.69. The summed E-state index contributed by atoms with van der Waals surface area (Å²) in [5.41, 5.74) is 2.60. The number of benzene rings is 1. The van der Waals surface area contributed by atoms with Crippen LogP contribution in [0.5, 0.6) is 5.75 Å². The van der Waals surface area contributed by atoms with E-state index >= 15 is 0 Å². The molecule has 1 aliphatic rings. The van der Waals surface area contributed by atoms with Gasteiger partial charge in [-0.15, -0.1) is 0 Å². The van der Waals surface area contributed by atoms with Crippen molar-refractivity contribution in [3.8, 4) is 5.75 Å². The van der Waals surface area contributed by atoms with Crippen molar-refractivity contribution in [1.29, 1.82) is 0 Å². The van der Waals surface area contributed by atoms with Gasteiger partial charge in [-0.25, -0.2) is 0 Å². The minimum Gasteiger partial charge on any atom is -0.491 e. The number of nitrogens with zero attached hydrogens (tertiary/aromatic N) is 1. The maximum Gasteiger partial charge on any atom is 0.119 e. The Kier molecular flexibility index (Phi) is 5.48. The second kappa shape index (κ2) is 7.36. The molecule has 0 atom stereocenters. The van der Waals surface area contributed by atoms with Crippen LogP contribution in [0.2, 0.25) is 0 Å². The average molecular weight is 264 g/mol. The van der Waals surface area contributed by atoms with Crippen LogP contribution in [0, 0.1) is 6.92 Å². The molecule has 1 aromatic rings. The van der Waals surface area contributed by atoms with Gasteiger partial charge in [-0.1, -0.05) is 0 Å². The Labute approximate surface area is 115 Å². The molecule has 1 fully saturated rings. The Bertz CT molecular complexity index is 388. The second-order valence-electron chi connectivity index (χ2n) is 4.88. The molecule has 0 unspecified atom stereocenters. The van der Waals surface area contributed by atoms with Gasteiger partial charge in [0, 0.05) is 32.4 Å². The van der Waals surface area contributed by atoms with Crippen LogP contribution in [0.15, 0.2) is 18.2 Å². The predicted octanol–water partition coefficient (Wildman–Crippen LogP) is 1.82. The van der Waals surface area contributed by atoms with E-state index in [1.807, 2.05) is 0 Å². The Morgan fingerprint density at radius 2 is 2.11 bits per heavy atom. The second-order valence-corrected chi connectivity index (χ2v) is 4.88. The smallest absolute Gasteiger partial charge is 0.119 e. The predicted molar refractivity (Wildman–Crippen MR) is 78.2 cm³/mol. The Morgan fingerprint density at radius 3 is 2.89 bits per heavy atom. The van der Waals surface area contributed by atoms with Crippen LogP contribution in [0.3, 0.4) is 0 Å². The zero-order valence-electron chi connectivity index (χ0n) is 11.9. The van der Waals surface area contributed by atoms with Gasteiger partial charge in [-0.2, -0.15) is 0 Å². The zero-order chi connectivity index (χ0) is 13.5. The van der Waals surface area contributed by atoms with Crippen molar-refractivity contribution in [3.05, 3.63) is 23.8 Å². The third-order valence-corrected chi connectivity index (χ3v) is 3.41. The van der Waals surface area contributed by atoms with Crippen molar-refractivity contribution in [2.45, 2.75) is 13.3 Å². The van der Waals surface area contributed by atoms with E-state index in [1.54, 1.807) is 7.11 Å². The molecule has 0 spiro atoms. The average Bonchev–Trinajstić information content (AvgIpc) is 2.68. The first-order chi connectivity index (χ1) is 9.31. The Morgan fingerprint density at radius 1 is 1.21 bits per heavy atom. The van der Waals surface area contributed by atoms with E-state index < -0.39 is 0 Å². The minimum absolute atomic E-state index is 0.600. The van der Waals surface area contributed by atoms with Crippen LogP contribution in [-0.2, 0) is 4.74 Å². The van der Waals surface area contributed by atoms with Crippen molar-refractivity contribution < 1.29 is 9.47 Å². The summed E-state index contributed by atoms with van der Waals surface area (Å²) in [6, 6.07) is 6.34. The molecule has 106 valence electrons. The number of hydrogen-bond donors (Lipinski definition) is 1. The van der Waals surface area contributed by atoms with Gasteiger partial charge in [0.05, 0.1) is 6.61 Å². The van der Waals surface area contributed by atoms with Crippen LogP contribution in [0.4, 0.5) is 5.69 Å². The molecule has 1 heterocycles. The van der Waals surface area contributed by atoms with Crippen LogP contribution in [0.1, 0.15) is 12.0 Å². The first-order valence-corrected chi connectivity index (χ1v) is 6.99. The Hall–Kier alpha value is -1.26. The van der Waals surface area contributed by atoms with Crippen molar-refractivity contribution >= 4 is 5.69 Å². The van der Waals surface area contributed by atoms with E-state index in [2.05, 4.69) is 35.3 Å². The van der Waals surface area contributed by atoms with Gasteiger partial charge in [-0.3, -0.25) is 0 Å². The van der Waals surface area contributed by atoms with E-state index in [0.29, 0.717) is 13.2 Å². The maximum absolute atomic E-state index is 5.64. The van der Waals surface area contributed by atoms with Crippen molar-refractivity contribution in [3.63, 3.8) is 0 Å². The van der Waals surface area contributed by atoms with E-state index in [4.69, 9.17) is 9.47 Å². The lowest BCUT2D eigenvalue weighted by molar-refractivity contribution is 0.146. The highest BCUT2D eigenvalue weighted by Crippen LogP contribution is 2.25. The molecule has 1 saturated heterocycles. The summed E-state index contributed by atoms with van der Waals surface area (Å²) in [5.74, 6) is 0.922. The molecular weight excluding hydrogens is 240 g/mol. The summed E-state index contributed by atoms with van der Waals surface area (Å²) < 4.78 is 10.6. The van der Waals surface area contributed by atoms with E-state index in [-0.39, 0.29) is 0 Å². The summed E-state index contributed by atoms with van der Waals surface area (Å²) in [6.07, 6.45) is 1.20. The van der Waals surface area contributed by atoms with Gasteiger partial charge in [0.25, 0.3) is 0 Å². The first-order valence-electron chi connectivity index (χ1n) is 6.99. The molecule has 19 heavy (non-hydrogen) atoms. The van der Waals surface area contributed by atoms with Gasteiger partial charge in [-0.05, 0) is 43.7 Å². The third-order valence-electron chi connectivity index (χ3n) is 3.41. The molecule has 0 bridgehead atoms. The molecule has 1 aliphatic heterocycles. The summed E-state index contributed by atoms with van der Waals surface area (Å²) in [6.45, 7) is 7.75. The van der Waals surface area contributed by atoms with Crippen molar-refractivity contribution in [1.82, 2.24) is 5.32 Å². The number of rotatable bonds is 5. The topological polar surface area (TPSA) is 33.7 Å². The highest BCUT2D eigenvalue weighted by Gasteiger charge is 2.12. The zero-order valence-corrected chi connectivity index (χ0v) is 11.9. The molecule has 1 aromatic carbocycles. The first kappa shape index (κ1) is 14.2. The van der Waals surface area contributed by atoms with E-state index in [1.165, 1.54) is 17.7 Å². The van der Waals surface area contributed by atoms with Gasteiger partial charge < -0.3 is 19.7 Å². The molecule has 0 aliphatic carbocycles. The molecule has 0 saturated carbocycles. The van der Waals surface area contributed by atoms with Crippen LogP contribution < -0.4 is 15.0 Å². The van der Waals surface area contributed by atoms with Gasteiger partial charge in [0.15, 0.2) is 0 Å². The lowest BCUT2D eigenvalue weighted by Gasteiger charge is -2.24. The summed E-state index contributed by atoms with van der Waals surface area (Å²) in [5, 5.41) is 3.43. The maximum atomic E-state index is 5.64. The third kappa shape index (κ3) is 4.11. The van der Waals surface area contributed by atoms with Crippen LogP contribution in [-0.4, -0.2) is 46.5 Å². The van der Waals surface area contributed by atoms with Crippen molar-refractivity contribution in [2.75, 3.05) is 51.4 Å². The lowest BCUT2D eigenvalue weighted by Crippen LogP contribution is -2.28. The molecule has 4 nitrogen and oxygen atoms in total. The number of methoxy groups -OCH3 is 1. The molecule has 0 aromatic heterocycles. The number of anilines is 1. The van der Waals surface area contributed by atoms with Gasteiger partial charge in [0.1, 0.15) is 12.4 Å². The van der Waals surface area contributed by atoms with Gasteiger partial charge in [0.2, 0.25) is 0 Å². The van der Waals surface area contributed by atoms with Crippen LogP contribution in [0.25, 0.3) is 0 Å². The Balaban J connectivity index is 2.01. The summed E-state index contributed by atoms with van der Waals surface area (Å²) in [4.78, 5) is 2.45. The highest BCUT2D eigenvalue weighted by molar-refractivity contribution is 5.56. The molecule has 0 amide bonds. The number of hydrogen-bond acceptors (Lipinski definition) is 4. The largest absolute Gasteiger partial charge is 0.491 e. The monoisotopic (exact) mass is 264 g/mol. The van der Waals surface area contributed by atoms with E-state index in [0.717, 1.165) is 31.9 Å². The van der Waals surface area contributed by atoms with Crippen molar-refractivity contribution in [2.24, 2.45) is 0 Å². The molecular formula is C15H24N2O2. The normalized spacial score (nSPS) is 16.2. The molecule has 4 heteroatoms. The van der Waals surface area contributed by atoms with E-state index in [9.17, 15) is 0 Å². The molecule has 2 rings (SSSR count). The fraction of sp³-hybridized carbons (Fsp3) is 0.600. The van der Waals surface area contributed by atoms with Gasteiger partial charge >= 0.3 is 0 Å². The standard InChI is InChI=1S/C15H24N2O2/c1-13-12-14(19-11-10-18-2)4-5-15(13)17-8-3-6-16-7-9-17/h4-5,12,16H,3,6-11H2,1-2H3. The highest BCUT2D eigenvalue weighted by atomic mass is 16.5. The minimum atomic E-state index is 0.600. The number of nitrogens with one attached hydrogen (secondary N) is 1. The SMILES string of the molecule is COCCOc1ccc(N2CCCNCC2)c(C)c1. The lowest BCUT2D eigenvalue weighted by atomic mass is 10.1.